The molecule has 73 valence electrons. The van der Waals surface area contributed by atoms with E-state index in [9.17, 15) is 10.1 Å². The summed E-state index contributed by atoms with van der Waals surface area (Å²) in [4.78, 5) is 10.3. The van der Waals surface area contributed by atoms with Gasteiger partial charge in [0.15, 0.2) is 0 Å². The van der Waals surface area contributed by atoms with E-state index in [1.807, 2.05) is 13.0 Å². The minimum absolute atomic E-state index is 0.156. The van der Waals surface area contributed by atoms with E-state index < -0.39 is 0 Å². The Balaban J connectivity index is 3.26. The highest BCUT2D eigenvalue weighted by Crippen LogP contribution is 2.26. The first-order valence-electron chi connectivity index (χ1n) is 4.28. The minimum atomic E-state index is -0.366. The maximum atomic E-state index is 10.7. The summed E-state index contributed by atoms with van der Waals surface area (Å²) in [6, 6.07) is 5.06. The summed E-state index contributed by atoms with van der Waals surface area (Å²) in [5, 5.41) is 10.7. The molecule has 3 heteroatoms. The largest absolute Gasteiger partial charge is 0.272 e. The second-order valence-electron chi connectivity index (χ2n) is 3.09. The second kappa shape index (κ2) is 4.05. The van der Waals surface area contributed by atoms with Crippen molar-refractivity contribution in [3.63, 3.8) is 0 Å². The second-order valence-corrected chi connectivity index (χ2v) is 3.09. The van der Waals surface area contributed by atoms with Crippen molar-refractivity contribution in [3.05, 3.63) is 58.0 Å². The third kappa shape index (κ3) is 1.82. The zero-order valence-corrected chi connectivity index (χ0v) is 8.28. The van der Waals surface area contributed by atoms with Crippen molar-refractivity contribution in [1.29, 1.82) is 0 Å². The maximum Gasteiger partial charge on any atom is 0.272 e. The molecule has 0 saturated carbocycles. The van der Waals surface area contributed by atoms with Gasteiger partial charge < -0.3 is 0 Å². The third-order valence-electron chi connectivity index (χ3n) is 2.23. The number of allylic oxidation sites excluding steroid dienone is 1. The van der Waals surface area contributed by atoms with Crippen LogP contribution in [0.4, 0.5) is 5.69 Å². The van der Waals surface area contributed by atoms with Gasteiger partial charge in [-0.25, -0.2) is 0 Å². The molecule has 1 radical (unpaired) electrons. The monoisotopic (exact) mass is 190 g/mol. The number of rotatable bonds is 3. The molecule has 1 aromatic carbocycles. The highest BCUT2D eigenvalue weighted by atomic mass is 16.6. The van der Waals surface area contributed by atoms with Crippen molar-refractivity contribution in [2.45, 2.75) is 13.8 Å². The van der Waals surface area contributed by atoms with Crippen LogP contribution >= 0.6 is 0 Å². The molecule has 0 N–H and O–H groups in total. The van der Waals surface area contributed by atoms with Gasteiger partial charge in [-0.1, -0.05) is 25.1 Å². The molecular formula is C11H12NO2. The molecule has 0 amide bonds. The molecule has 0 aliphatic heterocycles. The fourth-order valence-corrected chi connectivity index (χ4v) is 1.36. The summed E-state index contributed by atoms with van der Waals surface area (Å²) < 4.78 is 0. The predicted octanol–water partition coefficient (Wildman–Crippen LogP) is 3.03. The standard InChI is InChI=1S/C11H12NO2/c1-4-8(2)10-6-5-7-11(9(10)3)12(13)14/h4-7H,1H2,2-3H3. The molecule has 1 rings (SSSR count). The Kier molecular flexibility index (Phi) is 3.02. The molecular weight excluding hydrogens is 178 g/mol. The lowest BCUT2D eigenvalue weighted by molar-refractivity contribution is -0.385. The van der Waals surface area contributed by atoms with Crippen molar-refractivity contribution in [2.75, 3.05) is 0 Å². The Morgan fingerprint density at radius 3 is 2.71 bits per heavy atom. The summed E-state index contributed by atoms with van der Waals surface area (Å²) in [6.45, 7) is 7.28. The highest BCUT2D eigenvalue weighted by Gasteiger charge is 2.15. The maximum absolute atomic E-state index is 10.7. The van der Waals surface area contributed by atoms with Crippen LogP contribution < -0.4 is 0 Å². The molecule has 3 nitrogen and oxygen atoms in total. The summed E-state index contributed by atoms with van der Waals surface area (Å²) in [5.41, 5.74) is 1.73. The first-order chi connectivity index (χ1) is 6.57. The van der Waals surface area contributed by atoms with Crippen LogP contribution in [-0.4, -0.2) is 4.92 Å². The van der Waals surface area contributed by atoms with Crippen molar-refractivity contribution in [1.82, 2.24) is 0 Å². The van der Waals surface area contributed by atoms with Crippen LogP contribution in [0.25, 0.3) is 0 Å². The van der Waals surface area contributed by atoms with Gasteiger partial charge in [-0.15, -0.1) is 6.58 Å². The van der Waals surface area contributed by atoms with Crippen LogP contribution in [0, 0.1) is 23.0 Å². The number of hydrogen-bond acceptors (Lipinski definition) is 2. The van der Waals surface area contributed by atoms with Gasteiger partial charge in [0.1, 0.15) is 0 Å². The topological polar surface area (TPSA) is 43.1 Å². The van der Waals surface area contributed by atoms with E-state index >= 15 is 0 Å². The molecule has 14 heavy (non-hydrogen) atoms. The van der Waals surface area contributed by atoms with Crippen LogP contribution in [0.15, 0.2) is 30.9 Å². The van der Waals surface area contributed by atoms with Gasteiger partial charge in [0.25, 0.3) is 5.69 Å². The van der Waals surface area contributed by atoms with Gasteiger partial charge in [-0.3, -0.25) is 10.1 Å². The van der Waals surface area contributed by atoms with Crippen LogP contribution in [0.2, 0.25) is 0 Å². The average Bonchev–Trinajstić information content (AvgIpc) is 2.16. The predicted molar refractivity (Wildman–Crippen MR) is 56.0 cm³/mol. The Bertz CT molecular complexity index is 372. The Morgan fingerprint density at radius 1 is 1.57 bits per heavy atom. The van der Waals surface area contributed by atoms with Crippen molar-refractivity contribution in [2.24, 2.45) is 0 Å². The Hall–Kier alpha value is -1.64. The number of nitro groups is 1. The molecule has 0 aliphatic carbocycles. The van der Waals surface area contributed by atoms with Crippen molar-refractivity contribution < 1.29 is 4.92 Å². The number of nitro benzene ring substituents is 1. The smallest absolute Gasteiger partial charge is 0.258 e. The van der Waals surface area contributed by atoms with E-state index in [0.717, 1.165) is 11.5 Å². The molecule has 0 unspecified atom stereocenters. The zero-order valence-electron chi connectivity index (χ0n) is 8.28. The summed E-state index contributed by atoms with van der Waals surface area (Å²) in [6.07, 6.45) is 1.70. The lowest BCUT2D eigenvalue weighted by atomic mass is 9.95. The van der Waals surface area contributed by atoms with Crippen molar-refractivity contribution in [3.8, 4) is 0 Å². The van der Waals surface area contributed by atoms with Gasteiger partial charge in [-0.2, -0.15) is 0 Å². The molecule has 0 atom stereocenters. The van der Waals surface area contributed by atoms with Gasteiger partial charge in [0.05, 0.1) is 4.92 Å². The fourth-order valence-electron chi connectivity index (χ4n) is 1.36. The van der Waals surface area contributed by atoms with Gasteiger partial charge in [0.2, 0.25) is 0 Å². The highest BCUT2D eigenvalue weighted by molar-refractivity contribution is 5.51. The number of hydrogen-bond donors (Lipinski definition) is 0. The van der Waals surface area contributed by atoms with E-state index in [0.29, 0.717) is 5.56 Å². The van der Waals surface area contributed by atoms with Crippen LogP contribution in [0.5, 0.6) is 0 Å². The summed E-state index contributed by atoms with van der Waals surface area (Å²) >= 11 is 0. The molecule has 0 fully saturated rings. The molecule has 0 spiro atoms. The van der Waals surface area contributed by atoms with Crippen LogP contribution in [-0.2, 0) is 0 Å². The normalized spacial score (nSPS) is 10.2. The Morgan fingerprint density at radius 2 is 2.21 bits per heavy atom. The molecule has 0 aliphatic rings. The molecule has 0 saturated heterocycles. The molecule has 0 heterocycles. The third-order valence-corrected chi connectivity index (χ3v) is 2.23. The van der Waals surface area contributed by atoms with Crippen LogP contribution in [0.3, 0.4) is 0 Å². The van der Waals surface area contributed by atoms with Gasteiger partial charge in [-0.05, 0) is 12.5 Å². The number of benzene rings is 1. The first kappa shape index (κ1) is 10.4. The van der Waals surface area contributed by atoms with E-state index in [4.69, 9.17) is 0 Å². The molecule has 0 aromatic heterocycles. The number of nitrogens with zero attached hydrogens (tertiary/aromatic N) is 1. The summed E-state index contributed by atoms with van der Waals surface area (Å²) in [7, 11) is 0. The quantitative estimate of drug-likeness (QED) is 0.543. The summed E-state index contributed by atoms with van der Waals surface area (Å²) in [5.74, 6) is 0.950. The SMILES string of the molecule is C=C[C](C)c1cccc([N+](=O)[O-])c1C. The van der Waals surface area contributed by atoms with Crippen molar-refractivity contribution >= 4 is 5.69 Å². The minimum Gasteiger partial charge on any atom is -0.258 e. The molecule has 0 bridgehead atoms. The van der Waals surface area contributed by atoms with Gasteiger partial charge >= 0.3 is 0 Å². The molecule has 1 aromatic rings. The van der Waals surface area contributed by atoms with E-state index in [1.165, 1.54) is 6.07 Å². The Labute approximate surface area is 83.2 Å². The van der Waals surface area contributed by atoms with E-state index in [-0.39, 0.29) is 10.6 Å². The van der Waals surface area contributed by atoms with Crippen LogP contribution in [0.1, 0.15) is 18.1 Å². The lowest BCUT2D eigenvalue weighted by Crippen LogP contribution is -1.98. The van der Waals surface area contributed by atoms with Gasteiger partial charge in [0, 0.05) is 17.5 Å². The van der Waals surface area contributed by atoms with E-state index in [1.54, 1.807) is 19.1 Å². The lowest BCUT2D eigenvalue weighted by Gasteiger charge is -2.09. The van der Waals surface area contributed by atoms with E-state index in [2.05, 4.69) is 6.58 Å². The first-order valence-corrected chi connectivity index (χ1v) is 4.28. The zero-order chi connectivity index (χ0) is 10.7. The average molecular weight is 190 g/mol. The fraction of sp³-hybridized carbons (Fsp3) is 0.182.